The smallest absolute Gasteiger partial charge is 0.239 e. The molecular weight excluding hydrogens is 240 g/mol. The van der Waals surface area contributed by atoms with Crippen molar-refractivity contribution in [2.75, 3.05) is 37.0 Å². The maximum Gasteiger partial charge on any atom is 0.239 e. The van der Waals surface area contributed by atoms with E-state index >= 15 is 0 Å². The van der Waals surface area contributed by atoms with E-state index in [1.807, 2.05) is 13.0 Å². The summed E-state index contributed by atoms with van der Waals surface area (Å²) in [6.07, 6.45) is 2.36. The van der Waals surface area contributed by atoms with E-state index in [-0.39, 0.29) is 0 Å². The summed E-state index contributed by atoms with van der Waals surface area (Å²) in [5, 5.41) is 0. The number of aromatic nitrogens is 2. The van der Waals surface area contributed by atoms with Crippen LogP contribution in [-0.4, -0.2) is 47.6 Å². The molecule has 19 heavy (non-hydrogen) atoms. The Morgan fingerprint density at radius 1 is 1.42 bits per heavy atom. The second kappa shape index (κ2) is 6.16. The van der Waals surface area contributed by atoms with E-state index in [9.17, 15) is 0 Å². The van der Waals surface area contributed by atoms with E-state index in [2.05, 4.69) is 39.2 Å². The Morgan fingerprint density at radius 2 is 2.11 bits per heavy atom. The third-order valence-corrected chi connectivity index (χ3v) is 3.88. The molecule has 1 aromatic heterocycles. The van der Waals surface area contributed by atoms with Gasteiger partial charge in [0, 0.05) is 37.9 Å². The fourth-order valence-corrected chi connectivity index (χ4v) is 2.61. The predicted molar refractivity (Wildman–Crippen MR) is 78.1 cm³/mol. The second-order valence-electron chi connectivity index (χ2n) is 5.11. The molecule has 1 aliphatic rings. The van der Waals surface area contributed by atoms with Crippen LogP contribution in [0.25, 0.3) is 0 Å². The number of nitrogens with one attached hydrogen (secondary N) is 1. The van der Waals surface area contributed by atoms with Gasteiger partial charge >= 0.3 is 0 Å². The van der Waals surface area contributed by atoms with Gasteiger partial charge in [-0.15, -0.1) is 0 Å². The molecule has 0 aromatic carbocycles. The molecule has 0 unspecified atom stereocenters. The molecule has 1 saturated heterocycles. The number of likely N-dealkylation sites (tertiary alicyclic amines) is 1. The fraction of sp³-hybridized carbons (Fsp3) is 0.692. The Balaban J connectivity index is 2.07. The van der Waals surface area contributed by atoms with Crippen LogP contribution in [-0.2, 0) is 0 Å². The number of hydrazine groups is 1. The molecule has 1 fully saturated rings. The van der Waals surface area contributed by atoms with Crippen LogP contribution < -0.4 is 16.2 Å². The summed E-state index contributed by atoms with van der Waals surface area (Å²) in [7, 11) is 2.11. The van der Waals surface area contributed by atoms with Gasteiger partial charge in [-0.2, -0.15) is 4.98 Å². The lowest BCUT2D eigenvalue weighted by atomic mass is 10.0. The number of rotatable bonds is 4. The minimum absolute atomic E-state index is 0.479. The van der Waals surface area contributed by atoms with E-state index in [4.69, 9.17) is 5.84 Å². The molecule has 0 aliphatic carbocycles. The van der Waals surface area contributed by atoms with E-state index in [1.165, 1.54) is 12.8 Å². The molecular formula is C13H24N6. The monoisotopic (exact) mass is 264 g/mol. The largest absolute Gasteiger partial charge is 0.356 e. The summed E-state index contributed by atoms with van der Waals surface area (Å²) in [6, 6.07) is 2.55. The van der Waals surface area contributed by atoms with Crippen molar-refractivity contribution in [3.05, 3.63) is 11.8 Å². The van der Waals surface area contributed by atoms with Crippen molar-refractivity contribution in [1.29, 1.82) is 0 Å². The Bertz CT molecular complexity index is 414. The standard InChI is InChI=1S/C13H24N6/c1-4-19-7-5-11(6-8-19)18(3)12-9-10(2)15-13(16-12)17-14/h9,11H,4-8,14H2,1-3H3,(H,15,16,17). The predicted octanol–water partition coefficient (Wildman–Crippen LogP) is 0.991. The van der Waals surface area contributed by atoms with Gasteiger partial charge in [-0.05, 0) is 26.3 Å². The van der Waals surface area contributed by atoms with Gasteiger partial charge in [0.25, 0.3) is 0 Å². The highest BCUT2D eigenvalue weighted by Crippen LogP contribution is 2.21. The maximum absolute atomic E-state index is 5.40. The summed E-state index contributed by atoms with van der Waals surface area (Å²) in [4.78, 5) is 13.4. The van der Waals surface area contributed by atoms with Crippen molar-refractivity contribution in [1.82, 2.24) is 14.9 Å². The third kappa shape index (κ3) is 3.33. The average molecular weight is 264 g/mol. The van der Waals surface area contributed by atoms with Gasteiger partial charge in [0.1, 0.15) is 5.82 Å². The van der Waals surface area contributed by atoms with E-state index in [0.29, 0.717) is 12.0 Å². The van der Waals surface area contributed by atoms with Crippen molar-refractivity contribution in [2.45, 2.75) is 32.7 Å². The zero-order chi connectivity index (χ0) is 13.8. The fourth-order valence-electron chi connectivity index (χ4n) is 2.61. The maximum atomic E-state index is 5.40. The SMILES string of the molecule is CCN1CCC(N(C)c2cc(C)nc(NN)n2)CC1. The summed E-state index contributed by atoms with van der Waals surface area (Å²) in [6.45, 7) is 7.65. The number of aryl methyl sites for hydroxylation is 1. The lowest BCUT2D eigenvalue weighted by Gasteiger charge is -2.36. The molecule has 0 bridgehead atoms. The Morgan fingerprint density at radius 3 is 2.68 bits per heavy atom. The molecule has 1 aliphatic heterocycles. The number of nitrogens with zero attached hydrogens (tertiary/aromatic N) is 4. The Hall–Kier alpha value is -1.40. The van der Waals surface area contributed by atoms with Gasteiger partial charge in [0.2, 0.25) is 5.95 Å². The van der Waals surface area contributed by atoms with Crippen LogP contribution in [0.1, 0.15) is 25.5 Å². The van der Waals surface area contributed by atoms with Gasteiger partial charge in [-0.1, -0.05) is 6.92 Å². The molecule has 6 heteroatoms. The number of nitrogens with two attached hydrogens (primary N) is 1. The van der Waals surface area contributed by atoms with Gasteiger partial charge in [0.15, 0.2) is 0 Å². The highest BCUT2D eigenvalue weighted by molar-refractivity contribution is 5.44. The van der Waals surface area contributed by atoms with Crippen molar-refractivity contribution in [2.24, 2.45) is 5.84 Å². The number of hydrogen-bond donors (Lipinski definition) is 2. The van der Waals surface area contributed by atoms with Crippen molar-refractivity contribution >= 4 is 11.8 Å². The molecule has 0 radical (unpaired) electrons. The van der Waals surface area contributed by atoms with Gasteiger partial charge in [0.05, 0.1) is 0 Å². The summed E-state index contributed by atoms with van der Waals surface area (Å²) in [5.74, 6) is 6.82. The van der Waals surface area contributed by atoms with Crippen molar-refractivity contribution in [3.63, 3.8) is 0 Å². The number of nitrogen functional groups attached to an aromatic ring is 1. The second-order valence-corrected chi connectivity index (χ2v) is 5.11. The number of piperidine rings is 1. The minimum Gasteiger partial charge on any atom is -0.356 e. The first-order valence-corrected chi connectivity index (χ1v) is 6.91. The summed E-state index contributed by atoms with van der Waals surface area (Å²) >= 11 is 0. The zero-order valence-corrected chi connectivity index (χ0v) is 12.1. The summed E-state index contributed by atoms with van der Waals surface area (Å²) in [5.41, 5.74) is 3.45. The minimum atomic E-state index is 0.479. The van der Waals surface area contributed by atoms with E-state index in [1.54, 1.807) is 0 Å². The van der Waals surface area contributed by atoms with Crippen LogP contribution in [0.5, 0.6) is 0 Å². The number of hydrogen-bond acceptors (Lipinski definition) is 6. The zero-order valence-electron chi connectivity index (χ0n) is 12.1. The van der Waals surface area contributed by atoms with Crippen molar-refractivity contribution < 1.29 is 0 Å². The van der Waals surface area contributed by atoms with E-state index < -0.39 is 0 Å². The molecule has 0 spiro atoms. The molecule has 3 N–H and O–H groups in total. The van der Waals surface area contributed by atoms with Crippen LogP contribution in [0, 0.1) is 6.92 Å². The van der Waals surface area contributed by atoms with Crippen LogP contribution in [0.4, 0.5) is 11.8 Å². The Labute approximate surface area is 115 Å². The third-order valence-electron chi connectivity index (χ3n) is 3.88. The molecule has 1 aromatic rings. The average Bonchev–Trinajstić information content (AvgIpc) is 2.46. The van der Waals surface area contributed by atoms with Gasteiger partial charge in [-0.25, -0.2) is 10.8 Å². The molecule has 106 valence electrons. The van der Waals surface area contributed by atoms with Crippen LogP contribution in [0.3, 0.4) is 0 Å². The lowest BCUT2D eigenvalue weighted by Crippen LogP contribution is -2.43. The van der Waals surface area contributed by atoms with Crippen molar-refractivity contribution in [3.8, 4) is 0 Å². The number of anilines is 2. The van der Waals surface area contributed by atoms with Gasteiger partial charge < -0.3 is 9.80 Å². The van der Waals surface area contributed by atoms with Crippen LogP contribution >= 0.6 is 0 Å². The van der Waals surface area contributed by atoms with E-state index in [0.717, 1.165) is 31.1 Å². The first-order valence-electron chi connectivity index (χ1n) is 6.91. The normalized spacial score (nSPS) is 17.5. The first-order chi connectivity index (χ1) is 9.13. The highest BCUT2D eigenvalue weighted by atomic mass is 15.3. The first kappa shape index (κ1) is 14.0. The molecule has 6 nitrogen and oxygen atoms in total. The summed E-state index contributed by atoms with van der Waals surface area (Å²) < 4.78 is 0. The topological polar surface area (TPSA) is 70.3 Å². The molecule has 0 atom stereocenters. The highest BCUT2D eigenvalue weighted by Gasteiger charge is 2.22. The Kier molecular flexibility index (Phi) is 4.55. The molecule has 2 rings (SSSR count). The lowest BCUT2D eigenvalue weighted by molar-refractivity contribution is 0.220. The van der Waals surface area contributed by atoms with Crippen LogP contribution in [0.15, 0.2) is 6.07 Å². The van der Waals surface area contributed by atoms with Crippen LogP contribution in [0.2, 0.25) is 0 Å². The quantitative estimate of drug-likeness (QED) is 0.624. The van der Waals surface area contributed by atoms with Gasteiger partial charge in [-0.3, -0.25) is 5.43 Å². The molecule has 2 heterocycles. The molecule has 0 saturated carbocycles. The molecule has 0 amide bonds.